The highest BCUT2D eigenvalue weighted by molar-refractivity contribution is 9.10. The van der Waals surface area contributed by atoms with E-state index in [1.54, 1.807) is 6.07 Å². The van der Waals surface area contributed by atoms with Crippen molar-refractivity contribution in [3.63, 3.8) is 0 Å². The van der Waals surface area contributed by atoms with Crippen LogP contribution < -0.4 is 0 Å². The van der Waals surface area contributed by atoms with Crippen molar-refractivity contribution in [2.45, 2.75) is 18.9 Å². The van der Waals surface area contributed by atoms with Gasteiger partial charge in [0, 0.05) is 21.5 Å². The molecule has 2 rings (SSSR count). The number of hydrogen-bond donors (Lipinski definition) is 1. The molecule has 0 amide bonds. The predicted octanol–water partition coefficient (Wildman–Crippen LogP) is 2.96. The zero-order chi connectivity index (χ0) is 12.6. The molecule has 1 N–H and O–H groups in total. The molecule has 1 aliphatic carbocycles. The van der Waals surface area contributed by atoms with Crippen LogP contribution in [0.25, 0.3) is 0 Å². The van der Waals surface area contributed by atoms with Gasteiger partial charge in [-0.25, -0.2) is 4.39 Å². The monoisotopic (exact) mass is 301 g/mol. The minimum atomic E-state index is -0.202. The Morgan fingerprint density at radius 3 is 2.59 bits per heavy atom. The van der Waals surface area contributed by atoms with Gasteiger partial charge in [0.25, 0.3) is 0 Å². The van der Waals surface area contributed by atoms with Gasteiger partial charge < -0.3 is 10.0 Å². The lowest BCUT2D eigenvalue weighted by Crippen LogP contribution is -2.31. The predicted molar refractivity (Wildman–Crippen MR) is 69.3 cm³/mol. The van der Waals surface area contributed by atoms with Gasteiger partial charge in [0.1, 0.15) is 5.82 Å². The van der Waals surface area contributed by atoms with Crippen molar-refractivity contribution in [2.24, 2.45) is 5.41 Å². The molecule has 0 saturated heterocycles. The largest absolute Gasteiger partial charge is 0.396 e. The Morgan fingerprint density at radius 1 is 1.47 bits per heavy atom. The Labute approximate surface area is 110 Å². The van der Waals surface area contributed by atoms with Crippen molar-refractivity contribution >= 4 is 15.9 Å². The molecule has 1 aromatic rings. The third-order valence-corrected chi connectivity index (χ3v) is 4.05. The molecule has 1 atom stereocenters. The summed E-state index contributed by atoms with van der Waals surface area (Å²) in [5, 5.41) is 9.54. The molecule has 94 valence electrons. The maximum atomic E-state index is 13.9. The van der Waals surface area contributed by atoms with Crippen molar-refractivity contribution in [2.75, 3.05) is 20.7 Å². The lowest BCUT2D eigenvalue weighted by Gasteiger charge is -2.32. The van der Waals surface area contributed by atoms with Crippen molar-refractivity contribution in [3.8, 4) is 0 Å². The normalized spacial score (nSPS) is 19.4. The van der Waals surface area contributed by atoms with Crippen LogP contribution in [0.2, 0.25) is 0 Å². The van der Waals surface area contributed by atoms with Crippen molar-refractivity contribution in [1.82, 2.24) is 4.90 Å². The lowest BCUT2D eigenvalue weighted by atomic mass is 9.89. The van der Waals surface area contributed by atoms with Gasteiger partial charge in [-0.2, -0.15) is 0 Å². The first-order valence-electron chi connectivity index (χ1n) is 5.72. The molecular weight excluding hydrogens is 285 g/mol. The highest BCUT2D eigenvalue weighted by Gasteiger charge is 2.51. The van der Waals surface area contributed by atoms with Crippen LogP contribution in [0.4, 0.5) is 4.39 Å². The second-order valence-electron chi connectivity index (χ2n) is 5.05. The Hall–Kier alpha value is -0.450. The second-order valence-corrected chi connectivity index (χ2v) is 5.97. The van der Waals surface area contributed by atoms with Gasteiger partial charge in [-0.3, -0.25) is 0 Å². The topological polar surface area (TPSA) is 23.5 Å². The van der Waals surface area contributed by atoms with Crippen LogP contribution >= 0.6 is 15.9 Å². The summed E-state index contributed by atoms with van der Waals surface area (Å²) in [5.74, 6) is -0.202. The molecule has 1 fully saturated rings. The van der Waals surface area contributed by atoms with E-state index >= 15 is 0 Å². The Morgan fingerprint density at radius 2 is 2.12 bits per heavy atom. The highest BCUT2D eigenvalue weighted by atomic mass is 79.9. The van der Waals surface area contributed by atoms with E-state index in [1.165, 1.54) is 6.07 Å². The van der Waals surface area contributed by atoms with Crippen LogP contribution in [0.15, 0.2) is 22.7 Å². The molecule has 17 heavy (non-hydrogen) atoms. The molecule has 1 aliphatic rings. The van der Waals surface area contributed by atoms with Crippen LogP contribution in [0.5, 0.6) is 0 Å². The van der Waals surface area contributed by atoms with E-state index in [-0.39, 0.29) is 23.9 Å². The zero-order valence-electron chi connectivity index (χ0n) is 10.1. The minimum absolute atomic E-state index is 0.0648. The SMILES string of the molecule is CN(C)C(c1cc(Br)ccc1F)C1(CO)CC1. The van der Waals surface area contributed by atoms with E-state index < -0.39 is 0 Å². The summed E-state index contributed by atoms with van der Waals surface area (Å²) in [7, 11) is 3.86. The van der Waals surface area contributed by atoms with Gasteiger partial charge >= 0.3 is 0 Å². The van der Waals surface area contributed by atoms with Crippen LogP contribution in [0, 0.1) is 11.2 Å². The fourth-order valence-electron chi connectivity index (χ4n) is 2.56. The molecular formula is C13H17BrFNO. The molecule has 1 unspecified atom stereocenters. The third-order valence-electron chi connectivity index (χ3n) is 3.56. The molecule has 2 nitrogen and oxygen atoms in total. The molecule has 0 radical (unpaired) electrons. The number of nitrogens with zero attached hydrogens (tertiary/aromatic N) is 1. The molecule has 0 heterocycles. The highest BCUT2D eigenvalue weighted by Crippen LogP contribution is 2.56. The van der Waals surface area contributed by atoms with E-state index in [2.05, 4.69) is 15.9 Å². The van der Waals surface area contributed by atoms with E-state index in [0.29, 0.717) is 5.56 Å². The van der Waals surface area contributed by atoms with Gasteiger partial charge in [-0.15, -0.1) is 0 Å². The van der Waals surface area contributed by atoms with Crippen molar-refractivity contribution in [3.05, 3.63) is 34.1 Å². The van der Waals surface area contributed by atoms with E-state index in [4.69, 9.17) is 0 Å². The number of halogens is 2. The summed E-state index contributed by atoms with van der Waals surface area (Å²) in [6.45, 7) is 0.113. The summed E-state index contributed by atoms with van der Waals surface area (Å²) < 4.78 is 14.8. The fourth-order valence-corrected chi connectivity index (χ4v) is 2.94. The zero-order valence-corrected chi connectivity index (χ0v) is 11.7. The fraction of sp³-hybridized carbons (Fsp3) is 0.538. The maximum absolute atomic E-state index is 13.9. The Bertz CT molecular complexity index is 418. The summed E-state index contributed by atoms with van der Waals surface area (Å²) in [5.41, 5.74) is 0.501. The lowest BCUT2D eigenvalue weighted by molar-refractivity contribution is 0.113. The second kappa shape index (κ2) is 4.67. The molecule has 1 aromatic carbocycles. The smallest absolute Gasteiger partial charge is 0.128 e. The van der Waals surface area contributed by atoms with Gasteiger partial charge in [0.2, 0.25) is 0 Å². The van der Waals surface area contributed by atoms with Gasteiger partial charge in [-0.1, -0.05) is 15.9 Å². The molecule has 0 spiro atoms. The molecule has 0 aliphatic heterocycles. The Balaban J connectivity index is 2.43. The van der Waals surface area contributed by atoms with Crippen LogP contribution in [0.3, 0.4) is 0 Å². The summed E-state index contributed by atoms with van der Waals surface area (Å²) in [4.78, 5) is 1.99. The number of rotatable bonds is 4. The van der Waals surface area contributed by atoms with Crippen molar-refractivity contribution < 1.29 is 9.50 Å². The first kappa shape index (κ1) is 13.0. The maximum Gasteiger partial charge on any atom is 0.128 e. The van der Waals surface area contributed by atoms with E-state index in [0.717, 1.165) is 17.3 Å². The Kier molecular flexibility index (Phi) is 3.57. The molecule has 4 heteroatoms. The minimum Gasteiger partial charge on any atom is -0.396 e. The van der Waals surface area contributed by atoms with Crippen LogP contribution in [-0.4, -0.2) is 30.7 Å². The van der Waals surface area contributed by atoms with Gasteiger partial charge in [-0.05, 0) is 45.1 Å². The number of aliphatic hydroxyl groups excluding tert-OH is 1. The summed E-state index contributed by atoms with van der Waals surface area (Å²) >= 11 is 3.38. The number of aliphatic hydroxyl groups is 1. The summed E-state index contributed by atoms with van der Waals surface area (Å²) in [6.07, 6.45) is 1.91. The van der Waals surface area contributed by atoms with Crippen LogP contribution in [0.1, 0.15) is 24.4 Å². The molecule has 0 bridgehead atoms. The number of benzene rings is 1. The number of hydrogen-bond acceptors (Lipinski definition) is 2. The van der Waals surface area contributed by atoms with Gasteiger partial charge in [0.05, 0.1) is 6.61 Å². The van der Waals surface area contributed by atoms with Gasteiger partial charge in [0.15, 0.2) is 0 Å². The first-order valence-corrected chi connectivity index (χ1v) is 6.52. The van der Waals surface area contributed by atoms with Crippen LogP contribution in [-0.2, 0) is 0 Å². The van der Waals surface area contributed by atoms with Crippen molar-refractivity contribution in [1.29, 1.82) is 0 Å². The molecule has 1 saturated carbocycles. The quantitative estimate of drug-likeness (QED) is 0.924. The average Bonchev–Trinajstić information content (AvgIpc) is 3.04. The first-order chi connectivity index (χ1) is 8.00. The standard InChI is InChI=1S/C13H17BrFNO/c1-16(2)12(13(8-17)5-6-13)10-7-9(14)3-4-11(10)15/h3-4,7,12,17H,5-6,8H2,1-2H3. The van der Waals surface area contributed by atoms with E-state index in [9.17, 15) is 9.50 Å². The molecule has 0 aromatic heterocycles. The third kappa shape index (κ3) is 2.39. The average molecular weight is 302 g/mol. The van der Waals surface area contributed by atoms with E-state index in [1.807, 2.05) is 25.1 Å². The summed E-state index contributed by atoms with van der Waals surface area (Å²) in [6, 6.07) is 4.92.